The average Bonchev–Trinajstić information content (AvgIpc) is 2.51. The highest BCUT2D eigenvalue weighted by molar-refractivity contribution is 14.0. The molecule has 0 saturated carbocycles. The number of hydrogen-bond donors (Lipinski definition) is 2. The zero-order valence-electron chi connectivity index (χ0n) is 15.5. The van der Waals surface area contributed by atoms with Crippen molar-refractivity contribution in [3.05, 3.63) is 23.9 Å². The highest BCUT2D eigenvalue weighted by Gasteiger charge is 2.16. The van der Waals surface area contributed by atoms with E-state index in [0.717, 1.165) is 44.5 Å². The Morgan fingerprint density at radius 1 is 1.25 bits per heavy atom. The zero-order valence-corrected chi connectivity index (χ0v) is 17.8. The van der Waals surface area contributed by atoms with Gasteiger partial charge in [0.15, 0.2) is 5.96 Å². The van der Waals surface area contributed by atoms with Crippen LogP contribution >= 0.6 is 24.0 Å². The summed E-state index contributed by atoms with van der Waals surface area (Å²) in [6.45, 7) is 11.4. The van der Waals surface area contributed by atoms with Gasteiger partial charge in [-0.15, -0.1) is 24.0 Å². The summed E-state index contributed by atoms with van der Waals surface area (Å²) in [5.41, 5.74) is 1.20. The maximum absolute atomic E-state index is 4.53. The van der Waals surface area contributed by atoms with Crippen LogP contribution in [0.3, 0.4) is 0 Å². The normalized spacial score (nSPS) is 16.5. The smallest absolute Gasteiger partial charge is 0.191 e. The van der Waals surface area contributed by atoms with Gasteiger partial charge in [-0.1, -0.05) is 0 Å². The van der Waals surface area contributed by atoms with Gasteiger partial charge in [0.2, 0.25) is 0 Å². The van der Waals surface area contributed by atoms with E-state index in [4.69, 9.17) is 0 Å². The SMILES string of the molecule is CN=C(NCc1ccnc(N2CCN(C)CC2)c1)NC(C)(C)C.I. The van der Waals surface area contributed by atoms with Crippen molar-refractivity contribution < 1.29 is 0 Å². The third-order valence-corrected chi connectivity index (χ3v) is 3.81. The van der Waals surface area contributed by atoms with E-state index in [1.54, 1.807) is 7.05 Å². The second-order valence-electron chi connectivity index (χ2n) is 7.11. The van der Waals surface area contributed by atoms with Crippen LogP contribution in [-0.4, -0.2) is 61.7 Å². The molecule has 1 fully saturated rings. The summed E-state index contributed by atoms with van der Waals surface area (Å²) < 4.78 is 0. The molecule has 1 aliphatic rings. The number of aromatic nitrogens is 1. The first kappa shape index (κ1) is 21.0. The first-order valence-electron chi connectivity index (χ1n) is 8.24. The van der Waals surface area contributed by atoms with Crippen molar-refractivity contribution in [2.24, 2.45) is 4.99 Å². The molecular formula is C17H31IN6. The van der Waals surface area contributed by atoms with Gasteiger partial charge in [0.1, 0.15) is 5.82 Å². The van der Waals surface area contributed by atoms with Crippen LogP contribution in [-0.2, 0) is 6.54 Å². The molecule has 1 aromatic rings. The predicted octanol–water partition coefficient (Wildman–Crippen LogP) is 1.91. The van der Waals surface area contributed by atoms with Crippen LogP contribution < -0.4 is 15.5 Å². The molecule has 1 saturated heterocycles. The zero-order chi connectivity index (χ0) is 16.9. The topological polar surface area (TPSA) is 55.8 Å². The summed E-state index contributed by atoms with van der Waals surface area (Å²) in [5.74, 6) is 1.88. The van der Waals surface area contributed by atoms with Crippen LogP contribution in [0.25, 0.3) is 0 Å². The van der Waals surface area contributed by atoms with Crippen molar-refractivity contribution in [3.8, 4) is 0 Å². The van der Waals surface area contributed by atoms with E-state index < -0.39 is 0 Å². The van der Waals surface area contributed by atoms with Crippen LogP contribution in [0.4, 0.5) is 5.82 Å². The average molecular weight is 446 g/mol. The van der Waals surface area contributed by atoms with Gasteiger partial charge in [-0.25, -0.2) is 4.98 Å². The van der Waals surface area contributed by atoms with Gasteiger partial charge in [-0.05, 0) is 45.5 Å². The predicted molar refractivity (Wildman–Crippen MR) is 112 cm³/mol. The van der Waals surface area contributed by atoms with E-state index >= 15 is 0 Å². The number of pyridine rings is 1. The van der Waals surface area contributed by atoms with E-state index in [9.17, 15) is 0 Å². The number of guanidine groups is 1. The number of nitrogens with zero attached hydrogens (tertiary/aromatic N) is 4. The lowest BCUT2D eigenvalue weighted by atomic mass is 10.1. The van der Waals surface area contributed by atoms with E-state index in [0.29, 0.717) is 0 Å². The molecule has 0 aliphatic carbocycles. The van der Waals surface area contributed by atoms with Crippen molar-refractivity contribution in [1.82, 2.24) is 20.5 Å². The number of likely N-dealkylation sites (N-methyl/N-ethyl adjacent to an activating group) is 1. The largest absolute Gasteiger partial charge is 0.354 e. The quantitative estimate of drug-likeness (QED) is 0.422. The second kappa shape index (κ2) is 9.41. The van der Waals surface area contributed by atoms with Crippen LogP contribution in [0.2, 0.25) is 0 Å². The third kappa shape index (κ3) is 6.80. The molecule has 6 nitrogen and oxygen atoms in total. The van der Waals surface area contributed by atoms with Crippen molar-refractivity contribution in [2.75, 3.05) is 45.2 Å². The molecule has 1 aliphatic heterocycles. The molecule has 2 N–H and O–H groups in total. The molecule has 2 rings (SSSR count). The molecular weight excluding hydrogens is 415 g/mol. The Morgan fingerprint density at radius 2 is 1.92 bits per heavy atom. The van der Waals surface area contributed by atoms with Gasteiger partial charge >= 0.3 is 0 Å². The van der Waals surface area contributed by atoms with Crippen LogP contribution in [0, 0.1) is 0 Å². The molecule has 136 valence electrons. The Hall–Kier alpha value is -1.09. The lowest BCUT2D eigenvalue weighted by molar-refractivity contribution is 0.312. The summed E-state index contributed by atoms with van der Waals surface area (Å²) in [5, 5.41) is 6.73. The Bertz CT molecular complexity index is 532. The standard InChI is InChI=1S/C17H30N6.HI/c1-17(2,3)21-16(18-4)20-13-14-6-7-19-15(12-14)23-10-8-22(5)9-11-23;/h6-7,12H,8-11,13H2,1-5H3,(H2,18,20,21);1H. The van der Waals surface area contributed by atoms with Crippen LogP contribution in [0.15, 0.2) is 23.3 Å². The molecule has 0 spiro atoms. The summed E-state index contributed by atoms with van der Waals surface area (Å²) in [6, 6.07) is 4.22. The summed E-state index contributed by atoms with van der Waals surface area (Å²) in [6.07, 6.45) is 1.89. The van der Waals surface area contributed by atoms with E-state index in [-0.39, 0.29) is 29.5 Å². The van der Waals surface area contributed by atoms with E-state index in [2.05, 4.69) is 70.4 Å². The fraction of sp³-hybridized carbons (Fsp3) is 0.647. The first-order chi connectivity index (χ1) is 10.9. The Balaban J connectivity index is 0.00000288. The van der Waals surface area contributed by atoms with Gasteiger partial charge < -0.3 is 20.4 Å². The molecule has 0 aromatic carbocycles. The Kier molecular flexibility index (Phi) is 8.21. The van der Waals surface area contributed by atoms with Crippen LogP contribution in [0.5, 0.6) is 0 Å². The highest BCUT2D eigenvalue weighted by atomic mass is 127. The van der Waals surface area contributed by atoms with Gasteiger partial charge in [-0.2, -0.15) is 0 Å². The number of anilines is 1. The van der Waals surface area contributed by atoms with Crippen molar-refractivity contribution in [2.45, 2.75) is 32.9 Å². The highest BCUT2D eigenvalue weighted by Crippen LogP contribution is 2.14. The molecule has 7 heteroatoms. The van der Waals surface area contributed by atoms with E-state index in [1.165, 1.54) is 5.56 Å². The molecule has 0 unspecified atom stereocenters. The number of aliphatic imine (C=N–C) groups is 1. The van der Waals surface area contributed by atoms with Gasteiger partial charge in [-0.3, -0.25) is 4.99 Å². The molecule has 1 aromatic heterocycles. The number of nitrogens with one attached hydrogen (secondary N) is 2. The Morgan fingerprint density at radius 3 is 2.50 bits per heavy atom. The monoisotopic (exact) mass is 446 g/mol. The molecule has 2 heterocycles. The summed E-state index contributed by atoms with van der Waals surface area (Å²) in [4.78, 5) is 13.5. The number of rotatable bonds is 3. The number of hydrogen-bond acceptors (Lipinski definition) is 4. The van der Waals surface area contributed by atoms with Gasteiger partial charge in [0.25, 0.3) is 0 Å². The van der Waals surface area contributed by atoms with Crippen molar-refractivity contribution >= 4 is 35.8 Å². The fourth-order valence-electron chi connectivity index (χ4n) is 2.50. The first-order valence-corrected chi connectivity index (χ1v) is 8.24. The molecule has 0 atom stereocenters. The maximum atomic E-state index is 4.53. The molecule has 24 heavy (non-hydrogen) atoms. The lowest BCUT2D eigenvalue weighted by Gasteiger charge is -2.33. The minimum absolute atomic E-state index is 0. The van der Waals surface area contributed by atoms with Gasteiger partial charge in [0, 0.05) is 51.5 Å². The minimum Gasteiger partial charge on any atom is -0.354 e. The lowest BCUT2D eigenvalue weighted by Crippen LogP contribution is -2.47. The number of halogens is 1. The molecule has 0 bridgehead atoms. The van der Waals surface area contributed by atoms with Gasteiger partial charge in [0.05, 0.1) is 0 Å². The van der Waals surface area contributed by atoms with E-state index in [1.807, 2.05) is 6.20 Å². The molecule has 0 amide bonds. The second-order valence-corrected chi connectivity index (χ2v) is 7.11. The summed E-state index contributed by atoms with van der Waals surface area (Å²) in [7, 11) is 3.96. The molecule has 0 radical (unpaired) electrons. The fourth-order valence-corrected chi connectivity index (χ4v) is 2.50. The third-order valence-electron chi connectivity index (χ3n) is 3.81. The number of piperazine rings is 1. The van der Waals surface area contributed by atoms with Crippen molar-refractivity contribution in [3.63, 3.8) is 0 Å². The van der Waals surface area contributed by atoms with Crippen LogP contribution in [0.1, 0.15) is 26.3 Å². The Labute approximate surface area is 163 Å². The minimum atomic E-state index is -0.00885. The maximum Gasteiger partial charge on any atom is 0.191 e. The van der Waals surface area contributed by atoms with Crippen molar-refractivity contribution in [1.29, 1.82) is 0 Å². The summed E-state index contributed by atoms with van der Waals surface area (Å²) >= 11 is 0.